The number of aliphatic imine (C=N–C) groups is 1. The van der Waals surface area contributed by atoms with E-state index in [0.29, 0.717) is 6.54 Å². The summed E-state index contributed by atoms with van der Waals surface area (Å²) in [6, 6.07) is 7.70. The van der Waals surface area contributed by atoms with E-state index in [0.717, 1.165) is 11.3 Å². The van der Waals surface area contributed by atoms with Crippen molar-refractivity contribution in [3.63, 3.8) is 0 Å². The lowest BCUT2D eigenvalue weighted by Crippen LogP contribution is -2.37. The topological polar surface area (TPSA) is 88.7 Å². The van der Waals surface area contributed by atoms with Crippen molar-refractivity contribution in [2.75, 3.05) is 13.7 Å². The van der Waals surface area contributed by atoms with Gasteiger partial charge in [0.1, 0.15) is 12.3 Å². The highest BCUT2D eigenvalue weighted by Crippen LogP contribution is 2.10. The zero-order chi connectivity index (χ0) is 15.0. The number of benzene rings is 1. The third-order valence-corrected chi connectivity index (χ3v) is 2.48. The maximum absolute atomic E-state index is 11.6. The fourth-order valence-electron chi connectivity index (χ4n) is 1.50. The molecule has 1 amide bonds. The lowest BCUT2D eigenvalue weighted by molar-refractivity contribution is -0.119. The number of amides is 1. The average molecular weight is 406 g/mol. The van der Waals surface area contributed by atoms with E-state index in [9.17, 15) is 4.79 Å². The summed E-state index contributed by atoms with van der Waals surface area (Å²) in [5.41, 5.74) is 6.60. The summed E-state index contributed by atoms with van der Waals surface area (Å²) in [6.07, 6.45) is 0. The van der Waals surface area contributed by atoms with Crippen LogP contribution in [0.4, 0.5) is 0 Å². The molecular formula is C14H23IN4O2. The highest BCUT2D eigenvalue weighted by molar-refractivity contribution is 14.0. The Morgan fingerprint density at radius 3 is 2.48 bits per heavy atom. The Hall–Kier alpha value is -1.51. The summed E-state index contributed by atoms with van der Waals surface area (Å²) in [7, 11) is 1.62. The van der Waals surface area contributed by atoms with Crippen molar-refractivity contribution in [3.8, 4) is 5.75 Å². The summed E-state index contributed by atoms with van der Waals surface area (Å²) >= 11 is 0. The van der Waals surface area contributed by atoms with Gasteiger partial charge in [-0.2, -0.15) is 0 Å². The van der Waals surface area contributed by atoms with Crippen LogP contribution in [0.15, 0.2) is 29.3 Å². The predicted octanol–water partition coefficient (Wildman–Crippen LogP) is 1.24. The van der Waals surface area contributed by atoms with E-state index >= 15 is 0 Å². The maximum atomic E-state index is 11.6. The Kier molecular flexibility index (Phi) is 9.51. The molecule has 0 aliphatic carbocycles. The summed E-state index contributed by atoms with van der Waals surface area (Å²) in [5, 5.41) is 5.69. The first-order valence-electron chi connectivity index (χ1n) is 6.47. The normalized spacial score (nSPS) is 10.8. The lowest BCUT2D eigenvalue weighted by Gasteiger charge is -2.08. The predicted molar refractivity (Wildman–Crippen MR) is 95.0 cm³/mol. The monoisotopic (exact) mass is 406 g/mol. The molecule has 4 N–H and O–H groups in total. The minimum atomic E-state index is -0.172. The second-order valence-electron chi connectivity index (χ2n) is 4.63. The zero-order valence-corrected chi connectivity index (χ0v) is 14.9. The van der Waals surface area contributed by atoms with Crippen LogP contribution < -0.4 is 21.1 Å². The number of nitrogens with two attached hydrogens (primary N) is 1. The largest absolute Gasteiger partial charge is 0.497 e. The molecule has 0 bridgehead atoms. The number of methoxy groups -OCH3 is 1. The van der Waals surface area contributed by atoms with Gasteiger partial charge < -0.3 is 21.1 Å². The molecule has 0 spiro atoms. The quantitative estimate of drug-likeness (QED) is 0.377. The molecule has 0 aromatic heterocycles. The van der Waals surface area contributed by atoms with Crippen LogP contribution in [-0.4, -0.2) is 31.6 Å². The van der Waals surface area contributed by atoms with Crippen LogP contribution in [0.2, 0.25) is 0 Å². The number of hydrogen-bond acceptors (Lipinski definition) is 3. The second-order valence-corrected chi connectivity index (χ2v) is 4.63. The molecule has 0 saturated heterocycles. The van der Waals surface area contributed by atoms with E-state index in [1.54, 1.807) is 7.11 Å². The average Bonchev–Trinajstić information content (AvgIpc) is 2.42. The van der Waals surface area contributed by atoms with Crippen molar-refractivity contribution < 1.29 is 9.53 Å². The Bertz CT molecular complexity index is 461. The Balaban J connectivity index is 0.00000400. The van der Waals surface area contributed by atoms with Crippen molar-refractivity contribution in [1.82, 2.24) is 10.6 Å². The lowest BCUT2D eigenvalue weighted by atomic mass is 10.2. The molecule has 0 radical (unpaired) electrons. The summed E-state index contributed by atoms with van der Waals surface area (Å²) in [6.45, 7) is 4.37. The van der Waals surface area contributed by atoms with Gasteiger partial charge in [0.05, 0.1) is 7.11 Å². The van der Waals surface area contributed by atoms with Crippen LogP contribution in [0.3, 0.4) is 0 Å². The number of carbonyl (C=O) groups excluding carboxylic acids is 1. The molecule has 1 aromatic rings. The van der Waals surface area contributed by atoms with Gasteiger partial charge >= 0.3 is 0 Å². The van der Waals surface area contributed by atoms with E-state index < -0.39 is 0 Å². The SMILES string of the molecule is COc1ccc(CNC(=O)CN=C(N)NC(C)C)cc1.I. The van der Waals surface area contributed by atoms with Gasteiger partial charge in [-0.25, -0.2) is 4.99 Å². The fourth-order valence-corrected chi connectivity index (χ4v) is 1.50. The molecule has 0 heterocycles. The number of halogens is 1. The van der Waals surface area contributed by atoms with Crippen LogP contribution in [0, 0.1) is 0 Å². The highest BCUT2D eigenvalue weighted by atomic mass is 127. The number of guanidine groups is 1. The summed E-state index contributed by atoms with van der Waals surface area (Å²) < 4.78 is 5.07. The number of carbonyl (C=O) groups is 1. The van der Waals surface area contributed by atoms with E-state index in [1.807, 2.05) is 38.1 Å². The van der Waals surface area contributed by atoms with Gasteiger partial charge in [0.15, 0.2) is 5.96 Å². The zero-order valence-electron chi connectivity index (χ0n) is 12.6. The van der Waals surface area contributed by atoms with Crippen LogP contribution >= 0.6 is 24.0 Å². The molecule has 0 aliphatic heterocycles. The third-order valence-electron chi connectivity index (χ3n) is 2.48. The number of rotatable bonds is 6. The minimum absolute atomic E-state index is 0. The molecule has 0 atom stereocenters. The van der Waals surface area contributed by atoms with Gasteiger partial charge in [-0.1, -0.05) is 12.1 Å². The third kappa shape index (κ3) is 8.38. The molecule has 7 heteroatoms. The van der Waals surface area contributed by atoms with E-state index in [1.165, 1.54) is 0 Å². The van der Waals surface area contributed by atoms with Gasteiger partial charge in [-0.15, -0.1) is 24.0 Å². The molecule has 1 aromatic carbocycles. The number of nitrogens with one attached hydrogen (secondary N) is 2. The molecule has 0 saturated carbocycles. The van der Waals surface area contributed by atoms with Gasteiger partial charge in [0, 0.05) is 12.6 Å². The van der Waals surface area contributed by atoms with E-state index in [2.05, 4.69) is 15.6 Å². The molecule has 118 valence electrons. The number of ether oxygens (including phenoxy) is 1. The van der Waals surface area contributed by atoms with Gasteiger partial charge in [0.2, 0.25) is 5.91 Å². The van der Waals surface area contributed by atoms with Crippen LogP contribution in [0.5, 0.6) is 5.75 Å². The van der Waals surface area contributed by atoms with Crippen molar-refractivity contribution in [1.29, 1.82) is 0 Å². The van der Waals surface area contributed by atoms with Gasteiger partial charge in [-0.05, 0) is 31.5 Å². The van der Waals surface area contributed by atoms with Crippen molar-refractivity contribution in [3.05, 3.63) is 29.8 Å². The molecule has 6 nitrogen and oxygen atoms in total. The van der Waals surface area contributed by atoms with Gasteiger partial charge in [-0.3, -0.25) is 4.79 Å². The summed E-state index contributed by atoms with van der Waals surface area (Å²) in [4.78, 5) is 15.6. The van der Waals surface area contributed by atoms with E-state index in [-0.39, 0.29) is 48.4 Å². The number of hydrogen-bond donors (Lipinski definition) is 3. The molecular weight excluding hydrogens is 383 g/mol. The molecule has 1 rings (SSSR count). The highest BCUT2D eigenvalue weighted by Gasteiger charge is 2.02. The second kappa shape index (κ2) is 10.3. The Morgan fingerprint density at radius 1 is 1.33 bits per heavy atom. The van der Waals surface area contributed by atoms with Crippen LogP contribution in [0.25, 0.3) is 0 Å². The van der Waals surface area contributed by atoms with Crippen LogP contribution in [-0.2, 0) is 11.3 Å². The standard InChI is InChI=1S/C14H22N4O2.HI/c1-10(2)18-14(15)17-9-13(19)16-8-11-4-6-12(20-3)7-5-11;/h4-7,10H,8-9H2,1-3H3,(H,16,19)(H3,15,17,18);1H. The Morgan fingerprint density at radius 2 is 1.95 bits per heavy atom. The first kappa shape index (κ1) is 19.5. The smallest absolute Gasteiger partial charge is 0.242 e. The first-order chi connectivity index (χ1) is 9.51. The number of nitrogens with zero attached hydrogens (tertiary/aromatic N) is 1. The maximum Gasteiger partial charge on any atom is 0.242 e. The molecule has 0 unspecified atom stereocenters. The van der Waals surface area contributed by atoms with Crippen molar-refractivity contribution in [2.24, 2.45) is 10.7 Å². The summed E-state index contributed by atoms with van der Waals surface area (Å²) in [5.74, 6) is 0.895. The van der Waals surface area contributed by atoms with Gasteiger partial charge in [0.25, 0.3) is 0 Å². The van der Waals surface area contributed by atoms with Crippen molar-refractivity contribution in [2.45, 2.75) is 26.4 Å². The van der Waals surface area contributed by atoms with E-state index in [4.69, 9.17) is 10.5 Å². The fraction of sp³-hybridized carbons (Fsp3) is 0.429. The molecule has 0 fully saturated rings. The first-order valence-corrected chi connectivity index (χ1v) is 6.47. The molecule has 21 heavy (non-hydrogen) atoms. The Labute approximate surface area is 142 Å². The molecule has 0 aliphatic rings. The van der Waals surface area contributed by atoms with Crippen LogP contribution in [0.1, 0.15) is 19.4 Å². The minimum Gasteiger partial charge on any atom is -0.497 e. The van der Waals surface area contributed by atoms with Crippen molar-refractivity contribution >= 4 is 35.8 Å².